The van der Waals surface area contributed by atoms with E-state index in [1.165, 1.54) is 12.1 Å². The van der Waals surface area contributed by atoms with Gasteiger partial charge in [-0.05, 0) is 30.7 Å². The van der Waals surface area contributed by atoms with Gasteiger partial charge in [-0.2, -0.15) is 13.2 Å². The Morgan fingerprint density at radius 2 is 1.88 bits per heavy atom. The molecule has 1 aromatic carbocycles. The number of hydrogen-bond donors (Lipinski definition) is 1. The summed E-state index contributed by atoms with van der Waals surface area (Å²) in [4.78, 5) is 2.00. The number of benzene rings is 1. The monoisotopic (exact) mass is 245 g/mol. The fourth-order valence-electron chi connectivity index (χ4n) is 2.08. The Balaban J connectivity index is 2.09. The van der Waals surface area contributed by atoms with Gasteiger partial charge >= 0.3 is 6.18 Å². The van der Waals surface area contributed by atoms with Gasteiger partial charge in [0.1, 0.15) is 0 Å². The van der Waals surface area contributed by atoms with Crippen LogP contribution in [0, 0.1) is 5.92 Å². The Hall–Kier alpha value is -1.23. The molecule has 2 rings (SSSR count). The topological polar surface area (TPSA) is 23.5 Å². The van der Waals surface area contributed by atoms with E-state index < -0.39 is 11.7 Å². The number of aliphatic hydroxyl groups excluding tert-OH is 1. The largest absolute Gasteiger partial charge is 0.416 e. The quantitative estimate of drug-likeness (QED) is 0.865. The fourth-order valence-corrected chi connectivity index (χ4v) is 2.08. The van der Waals surface area contributed by atoms with E-state index in [4.69, 9.17) is 5.11 Å². The van der Waals surface area contributed by atoms with Crippen molar-refractivity contribution in [3.63, 3.8) is 0 Å². The fraction of sp³-hybridized carbons (Fsp3) is 0.500. The lowest BCUT2D eigenvalue weighted by Gasteiger charge is -2.19. The molecule has 1 saturated heterocycles. The smallest absolute Gasteiger partial charge is 0.396 e. The molecule has 0 bridgehead atoms. The molecular formula is C12H14F3NO. The molecular weight excluding hydrogens is 231 g/mol. The van der Waals surface area contributed by atoms with Crippen LogP contribution in [0.3, 0.4) is 0 Å². The van der Waals surface area contributed by atoms with Crippen LogP contribution in [0.5, 0.6) is 0 Å². The van der Waals surface area contributed by atoms with Crippen molar-refractivity contribution < 1.29 is 18.3 Å². The molecule has 5 heteroatoms. The average molecular weight is 245 g/mol. The molecule has 1 aliphatic heterocycles. The van der Waals surface area contributed by atoms with Crippen LogP contribution < -0.4 is 4.90 Å². The van der Waals surface area contributed by atoms with Crippen LogP contribution in [0.4, 0.5) is 18.9 Å². The SMILES string of the molecule is OC[C@H]1CCN(c2ccc(C(F)(F)F)cc2)C1. The van der Waals surface area contributed by atoms with E-state index in [-0.39, 0.29) is 12.5 Å². The molecule has 1 atom stereocenters. The van der Waals surface area contributed by atoms with Crippen LogP contribution in [0.25, 0.3) is 0 Å². The second-order valence-corrected chi connectivity index (χ2v) is 4.33. The van der Waals surface area contributed by atoms with Crippen LogP contribution >= 0.6 is 0 Å². The molecule has 0 spiro atoms. The van der Waals surface area contributed by atoms with Crippen molar-refractivity contribution in [3.05, 3.63) is 29.8 Å². The second kappa shape index (κ2) is 4.56. The summed E-state index contributed by atoms with van der Waals surface area (Å²) in [5, 5.41) is 9.01. The van der Waals surface area contributed by atoms with Crippen LogP contribution in [0.2, 0.25) is 0 Å². The minimum absolute atomic E-state index is 0.136. The first-order valence-electron chi connectivity index (χ1n) is 5.54. The molecule has 1 heterocycles. The summed E-state index contributed by atoms with van der Waals surface area (Å²) in [6.45, 7) is 1.63. The summed E-state index contributed by atoms with van der Waals surface area (Å²) in [5.41, 5.74) is 0.160. The van der Waals surface area contributed by atoms with Crippen LogP contribution in [-0.2, 0) is 6.18 Å². The highest BCUT2D eigenvalue weighted by molar-refractivity contribution is 5.48. The zero-order chi connectivity index (χ0) is 12.5. The lowest BCUT2D eigenvalue weighted by Crippen LogP contribution is -2.20. The van der Waals surface area contributed by atoms with E-state index in [1.807, 2.05) is 4.90 Å². The summed E-state index contributed by atoms with van der Waals surface area (Å²) in [5.74, 6) is 0.234. The molecule has 94 valence electrons. The molecule has 1 aromatic rings. The summed E-state index contributed by atoms with van der Waals surface area (Å²) >= 11 is 0. The Bertz CT molecular complexity index is 374. The molecule has 17 heavy (non-hydrogen) atoms. The number of rotatable bonds is 2. The Morgan fingerprint density at radius 3 is 2.35 bits per heavy atom. The van der Waals surface area contributed by atoms with Crippen LogP contribution in [0.1, 0.15) is 12.0 Å². The first-order chi connectivity index (χ1) is 8.00. The van der Waals surface area contributed by atoms with Gasteiger partial charge in [0.15, 0.2) is 0 Å². The highest BCUT2D eigenvalue weighted by Crippen LogP contribution is 2.31. The molecule has 1 aliphatic rings. The van der Waals surface area contributed by atoms with Crippen molar-refractivity contribution in [1.29, 1.82) is 0 Å². The van der Waals surface area contributed by atoms with Gasteiger partial charge in [-0.3, -0.25) is 0 Å². The first-order valence-corrected chi connectivity index (χ1v) is 5.54. The van der Waals surface area contributed by atoms with E-state index in [1.54, 1.807) is 0 Å². The number of halogens is 3. The van der Waals surface area contributed by atoms with Gasteiger partial charge in [0.2, 0.25) is 0 Å². The average Bonchev–Trinajstić information content (AvgIpc) is 2.76. The first kappa shape index (κ1) is 12.2. The second-order valence-electron chi connectivity index (χ2n) is 4.33. The molecule has 0 aromatic heterocycles. The summed E-state index contributed by atoms with van der Waals surface area (Å²) in [6, 6.07) is 5.17. The van der Waals surface area contributed by atoms with Gasteiger partial charge in [-0.15, -0.1) is 0 Å². The molecule has 1 N–H and O–H groups in total. The van der Waals surface area contributed by atoms with Crippen molar-refractivity contribution in [2.75, 3.05) is 24.6 Å². The molecule has 1 fully saturated rings. The highest BCUT2D eigenvalue weighted by atomic mass is 19.4. The predicted octanol–water partition coefficient (Wildman–Crippen LogP) is 2.52. The van der Waals surface area contributed by atoms with Gasteiger partial charge in [0, 0.05) is 31.3 Å². The normalized spacial score (nSPS) is 20.9. The predicted molar refractivity (Wildman–Crippen MR) is 58.8 cm³/mol. The van der Waals surface area contributed by atoms with Gasteiger partial charge in [-0.1, -0.05) is 0 Å². The number of aliphatic hydroxyl groups is 1. The standard InChI is InChI=1S/C12H14F3NO/c13-12(14,15)10-1-3-11(4-2-10)16-6-5-9(7-16)8-17/h1-4,9,17H,5-8H2/t9-/m0/s1. The van der Waals surface area contributed by atoms with Gasteiger partial charge in [0.05, 0.1) is 5.56 Å². The van der Waals surface area contributed by atoms with Gasteiger partial charge in [-0.25, -0.2) is 0 Å². The van der Waals surface area contributed by atoms with Gasteiger partial charge in [0.25, 0.3) is 0 Å². The summed E-state index contributed by atoms with van der Waals surface area (Å²) < 4.78 is 37.1. The Labute approximate surface area is 97.7 Å². The molecule has 0 radical (unpaired) electrons. The third-order valence-electron chi connectivity index (χ3n) is 3.10. The summed E-state index contributed by atoms with van der Waals surface area (Å²) in [6.07, 6.45) is -3.39. The third kappa shape index (κ3) is 2.72. The Morgan fingerprint density at radius 1 is 1.24 bits per heavy atom. The third-order valence-corrected chi connectivity index (χ3v) is 3.10. The number of nitrogens with zero attached hydrogens (tertiary/aromatic N) is 1. The molecule has 0 amide bonds. The van der Waals surface area contributed by atoms with Crippen molar-refractivity contribution in [1.82, 2.24) is 0 Å². The number of alkyl halides is 3. The Kier molecular flexibility index (Phi) is 3.28. The number of anilines is 1. The van der Waals surface area contributed by atoms with Gasteiger partial charge < -0.3 is 10.0 Å². The molecule has 0 saturated carbocycles. The van der Waals surface area contributed by atoms with E-state index in [0.717, 1.165) is 30.8 Å². The molecule has 0 aliphatic carbocycles. The maximum atomic E-state index is 12.4. The lowest BCUT2D eigenvalue weighted by molar-refractivity contribution is -0.137. The van der Waals surface area contributed by atoms with Crippen molar-refractivity contribution in [2.45, 2.75) is 12.6 Å². The summed E-state index contributed by atoms with van der Waals surface area (Å²) in [7, 11) is 0. The van der Waals surface area contributed by atoms with E-state index in [9.17, 15) is 13.2 Å². The van der Waals surface area contributed by atoms with Crippen LogP contribution in [0.15, 0.2) is 24.3 Å². The van der Waals surface area contributed by atoms with Crippen LogP contribution in [-0.4, -0.2) is 24.8 Å². The van der Waals surface area contributed by atoms with E-state index in [2.05, 4.69) is 0 Å². The van der Waals surface area contributed by atoms with Crippen molar-refractivity contribution in [3.8, 4) is 0 Å². The minimum atomic E-state index is -4.28. The minimum Gasteiger partial charge on any atom is -0.396 e. The molecule has 0 unspecified atom stereocenters. The maximum absolute atomic E-state index is 12.4. The van der Waals surface area contributed by atoms with Crippen molar-refractivity contribution in [2.24, 2.45) is 5.92 Å². The highest BCUT2D eigenvalue weighted by Gasteiger charge is 2.30. The molecule has 2 nitrogen and oxygen atoms in total. The van der Waals surface area contributed by atoms with E-state index >= 15 is 0 Å². The zero-order valence-corrected chi connectivity index (χ0v) is 9.24. The number of hydrogen-bond acceptors (Lipinski definition) is 2. The zero-order valence-electron chi connectivity index (χ0n) is 9.24. The van der Waals surface area contributed by atoms with Crippen molar-refractivity contribution >= 4 is 5.69 Å². The van der Waals surface area contributed by atoms with E-state index in [0.29, 0.717) is 6.54 Å². The maximum Gasteiger partial charge on any atom is 0.416 e. The lowest BCUT2D eigenvalue weighted by atomic mass is 10.1.